The van der Waals surface area contributed by atoms with Gasteiger partial charge in [-0.3, -0.25) is 15.0 Å². The molecule has 92 valence electrons. The molecular weight excluding hydrogens is 288 g/mol. The molecule has 0 spiro atoms. The molecule has 17 heavy (non-hydrogen) atoms. The second kappa shape index (κ2) is 5.12. The van der Waals surface area contributed by atoms with E-state index in [1.165, 1.54) is 0 Å². The van der Waals surface area contributed by atoms with Gasteiger partial charge < -0.3 is 5.11 Å². The fourth-order valence-electron chi connectivity index (χ4n) is 2.01. The molecule has 0 aromatic heterocycles. The highest BCUT2D eigenvalue weighted by molar-refractivity contribution is 9.10. The van der Waals surface area contributed by atoms with Gasteiger partial charge in [-0.2, -0.15) is 0 Å². The molecule has 1 aliphatic rings. The molecule has 0 bridgehead atoms. The minimum atomic E-state index is -0.396. The number of nitro benzene ring substituents is 1. The highest BCUT2D eigenvalue weighted by atomic mass is 79.9. The molecule has 1 atom stereocenters. The van der Waals surface area contributed by atoms with Gasteiger partial charge in [0.2, 0.25) is 0 Å². The van der Waals surface area contributed by atoms with Gasteiger partial charge in [-0.25, -0.2) is 0 Å². The van der Waals surface area contributed by atoms with Crippen molar-refractivity contribution in [1.29, 1.82) is 0 Å². The Kier molecular flexibility index (Phi) is 3.76. The van der Waals surface area contributed by atoms with Gasteiger partial charge in [0.25, 0.3) is 5.69 Å². The maximum Gasteiger partial charge on any atom is 0.283 e. The van der Waals surface area contributed by atoms with Crippen LogP contribution in [0.3, 0.4) is 0 Å². The summed E-state index contributed by atoms with van der Waals surface area (Å²) in [5.74, 6) is 0. The van der Waals surface area contributed by atoms with Crippen LogP contribution in [-0.4, -0.2) is 34.1 Å². The molecule has 1 aromatic rings. The van der Waals surface area contributed by atoms with E-state index in [4.69, 9.17) is 0 Å². The van der Waals surface area contributed by atoms with Gasteiger partial charge in [0.15, 0.2) is 0 Å². The van der Waals surface area contributed by atoms with Gasteiger partial charge in [0, 0.05) is 25.7 Å². The number of β-amino-alcohol motifs (C(OH)–C–C–N with tert-alkyl or cyclic N) is 1. The zero-order valence-electron chi connectivity index (χ0n) is 9.17. The molecular formula is C11H13BrN2O3. The quantitative estimate of drug-likeness (QED) is 0.684. The third-order valence-electron chi connectivity index (χ3n) is 2.86. The van der Waals surface area contributed by atoms with Crippen molar-refractivity contribution in [3.8, 4) is 0 Å². The number of hydrogen-bond acceptors (Lipinski definition) is 4. The summed E-state index contributed by atoms with van der Waals surface area (Å²) in [7, 11) is 0. The first-order valence-electron chi connectivity index (χ1n) is 5.39. The Labute approximate surface area is 107 Å². The van der Waals surface area contributed by atoms with E-state index in [0.29, 0.717) is 17.6 Å². The number of halogens is 1. The van der Waals surface area contributed by atoms with E-state index in [9.17, 15) is 15.2 Å². The van der Waals surface area contributed by atoms with Crippen LogP contribution in [0.4, 0.5) is 5.69 Å². The first-order chi connectivity index (χ1) is 8.06. The minimum absolute atomic E-state index is 0.0854. The Hall–Kier alpha value is -0.980. The number of aliphatic hydroxyl groups is 1. The van der Waals surface area contributed by atoms with Crippen LogP contribution in [0.1, 0.15) is 12.0 Å². The van der Waals surface area contributed by atoms with Crippen molar-refractivity contribution < 1.29 is 10.0 Å². The van der Waals surface area contributed by atoms with E-state index < -0.39 is 4.92 Å². The van der Waals surface area contributed by atoms with E-state index in [2.05, 4.69) is 20.8 Å². The number of nitro groups is 1. The molecule has 0 radical (unpaired) electrons. The van der Waals surface area contributed by atoms with Crippen molar-refractivity contribution in [3.05, 3.63) is 38.3 Å². The van der Waals surface area contributed by atoms with Gasteiger partial charge in [0.05, 0.1) is 15.5 Å². The van der Waals surface area contributed by atoms with Crippen LogP contribution >= 0.6 is 15.9 Å². The van der Waals surface area contributed by atoms with Gasteiger partial charge in [-0.05, 0) is 34.0 Å². The normalized spacial score (nSPS) is 20.7. The number of benzene rings is 1. The molecule has 2 rings (SSSR count). The summed E-state index contributed by atoms with van der Waals surface area (Å²) in [6.45, 7) is 2.13. The summed E-state index contributed by atoms with van der Waals surface area (Å²) in [6, 6.07) is 5.14. The van der Waals surface area contributed by atoms with Gasteiger partial charge in [-0.1, -0.05) is 6.07 Å². The average Bonchev–Trinajstić information content (AvgIpc) is 2.66. The van der Waals surface area contributed by atoms with E-state index in [1.807, 2.05) is 6.07 Å². The second-order valence-corrected chi connectivity index (χ2v) is 5.07. The Morgan fingerprint density at radius 3 is 2.94 bits per heavy atom. The number of hydrogen-bond donors (Lipinski definition) is 1. The van der Waals surface area contributed by atoms with Crippen LogP contribution in [0.25, 0.3) is 0 Å². The summed E-state index contributed by atoms with van der Waals surface area (Å²) < 4.78 is 0.493. The van der Waals surface area contributed by atoms with Crippen LogP contribution in [-0.2, 0) is 6.54 Å². The standard InChI is InChI=1S/C11H13BrN2O3/c12-10-2-1-8(5-11(10)14(16)17)6-13-4-3-9(15)7-13/h1-2,5,9,15H,3-4,6-7H2. The van der Waals surface area contributed by atoms with Gasteiger partial charge in [0.1, 0.15) is 0 Å². The lowest BCUT2D eigenvalue weighted by atomic mass is 10.2. The van der Waals surface area contributed by atoms with Crippen LogP contribution < -0.4 is 0 Å². The highest BCUT2D eigenvalue weighted by Gasteiger charge is 2.21. The van der Waals surface area contributed by atoms with Crippen molar-refractivity contribution in [2.75, 3.05) is 13.1 Å². The van der Waals surface area contributed by atoms with Crippen LogP contribution in [0, 0.1) is 10.1 Å². The minimum Gasteiger partial charge on any atom is -0.392 e. The largest absolute Gasteiger partial charge is 0.392 e. The highest BCUT2D eigenvalue weighted by Crippen LogP contribution is 2.26. The molecule has 1 unspecified atom stereocenters. The third-order valence-corrected chi connectivity index (χ3v) is 3.53. The van der Waals surface area contributed by atoms with Gasteiger partial charge in [-0.15, -0.1) is 0 Å². The summed E-state index contributed by atoms with van der Waals surface area (Å²) in [4.78, 5) is 12.5. The Bertz CT molecular complexity index is 439. The SMILES string of the molecule is O=[N+]([O-])c1cc(CN2CCC(O)C2)ccc1Br. The molecule has 0 amide bonds. The van der Waals surface area contributed by atoms with Gasteiger partial charge >= 0.3 is 0 Å². The first kappa shape index (κ1) is 12.5. The average molecular weight is 301 g/mol. The first-order valence-corrected chi connectivity index (χ1v) is 6.19. The van der Waals surface area contributed by atoms with Crippen molar-refractivity contribution in [2.24, 2.45) is 0 Å². The number of rotatable bonds is 3. The van der Waals surface area contributed by atoms with Crippen molar-refractivity contribution in [3.63, 3.8) is 0 Å². The topological polar surface area (TPSA) is 66.6 Å². The monoisotopic (exact) mass is 300 g/mol. The Morgan fingerprint density at radius 2 is 2.35 bits per heavy atom. The maximum atomic E-state index is 10.8. The predicted octanol–water partition coefficient (Wildman–Crippen LogP) is 1.92. The van der Waals surface area contributed by atoms with Crippen LogP contribution in [0.2, 0.25) is 0 Å². The van der Waals surface area contributed by atoms with E-state index >= 15 is 0 Å². The summed E-state index contributed by atoms with van der Waals surface area (Å²) >= 11 is 3.16. The Morgan fingerprint density at radius 1 is 1.59 bits per heavy atom. The van der Waals surface area contributed by atoms with Crippen molar-refractivity contribution in [2.45, 2.75) is 19.1 Å². The number of aliphatic hydroxyl groups excluding tert-OH is 1. The smallest absolute Gasteiger partial charge is 0.283 e. The summed E-state index contributed by atoms with van der Waals surface area (Å²) in [5, 5.41) is 20.2. The molecule has 1 fully saturated rings. The lowest BCUT2D eigenvalue weighted by molar-refractivity contribution is -0.385. The predicted molar refractivity (Wildman–Crippen MR) is 66.7 cm³/mol. The fraction of sp³-hybridized carbons (Fsp3) is 0.455. The van der Waals surface area contributed by atoms with Crippen molar-refractivity contribution >= 4 is 21.6 Å². The molecule has 1 N–H and O–H groups in total. The lowest BCUT2D eigenvalue weighted by Gasteiger charge is -2.14. The van der Waals surface area contributed by atoms with E-state index in [0.717, 1.165) is 18.5 Å². The van der Waals surface area contributed by atoms with Crippen LogP contribution in [0.15, 0.2) is 22.7 Å². The summed E-state index contributed by atoms with van der Waals surface area (Å²) in [6.07, 6.45) is 0.513. The zero-order chi connectivity index (χ0) is 12.4. The molecule has 6 heteroatoms. The van der Waals surface area contributed by atoms with Crippen molar-refractivity contribution in [1.82, 2.24) is 4.90 Å². The van der Waals surface area contributed by atoms with Crippen LogP contribution in [0.5, 0.6) is 0 Å². The molecule has 1 heterocycles. The number of nitrogens with zero attached hydrogens (tertiary/aromatic N) is 2. The molecule has 1 aromatic carbocycles. The summed E-state index contributed by atoms with van der Waals surface area (Å²) in [5.41, 5.74) is 0.983. The third kappa shape index (κ3) is 3.02. The van der Waals surface area contributed by atoms with E-state index in [-0.39, 0.29) is 11.8 Å². The Balaban J connectivity index is 2.11. The molecule has 0 saturated carbocycles. The molecule has 5 nitrogen and oxygen atoms in total. The molecule has 0 aliphatic carbocycles. The lowest BCUT2D eigenvalue weighted by Crippen LogP contribution is -2.21. The zero-order valence-corrected chi connectivity index (χ0v) is 10.8. The fourth-order valence-corrected chi connectivity index (χ4v) is 2.40. The van der Waals surface area contributed by atoms with E-state index in [1.54, 1.807) is 12.1 Å². The number of likely N-dealkylation sites (tertiary alicyclic amines) is 1. The molecule has 1 aliphatic heterocycles. The maximum absolute atomic E-state index is 10.8. The molecule has 1 saturated heterocycles. The second-order valence-electron chi connectivity index (χ2n) is 4.22.